The van der Waals surface area contributed by atoms with Crippen LogP contribution in [0, 0.1) is 5.82 Å². The number of carboxylic acid groups (broad SMARTS) is 1. The maximum absolute atomic E-state index is 12.8. The maximum atomic E-state index is 12.8. The van der Waals surface area contributed by atoms with Crippen LogP contribution in [0.2, 0.25) is 0 Å². The highest BCUT2D eigenvalue weighted by atomic mass is 19.1. The van der Waals surface area contributed by atoms with E-state index in [2.05, 4.69) is 5.32 Å². The Balaban J connectivity index is 1.87. The van der Waals surface area contributed by atoms with Crippen molar-refractivity contribution in [3.05, 3.63) is 35.6 Å². The summed E-state index contributed by atoms with van der Waals surface area (Å²) in [6.07, 6.45) is 1.07. The van der Waals surface area contributed by atoms with Gasteiger partial charge in [0.05, 0.1) is 18.6 Å². The topological polar surface area (TPSA) is 75.6 Å². The number of aliphatic carboxylic acids is 1. The molecule has 1 aliphatic heterocycles. The number of hydrogen-bond donors (Lipinski definition) is 2. The number of hydrogen-bond acceptors (Lipinski definition) is 3. The van der Waals surface area contributed by atoms with Crippen LogP contribution in [0.15, 0.2) is 24.3 Å². The highest BCUT2D eigenvalue weighted by Crippen LogP contribution is 2.23. The van der Waals surface area contributed by atoms with Crippen LogP contribution in [-0.4, -0.2) is 35.7 Å². The van der Waals surface area contributed by atoms with Crippen molar-refractivity contribution in [3.8, 4) is 0 Å². The Morgan fingerprint density at radius 1 is 1.33 bits per heavy atom. The average Bonchev–Trinajstić information content (AvgIpc) is 2.85. The highest BCUT2D eigenvalue weighted by molar-refractivity contribution is 5.78. The van der Waals surface area contributed by atoms with Crippen molar-refractivity contribution in [2.75, 3.05) is 13.2 Å². The van der Waals surface area contributed by atoms with Gasteiger partial charge < -0.3 is 15.2 Å². The molecule has 1 aromatic rings. The van der Waals surface area contributed by atoms with Gasteiger partial charge >= 0.3 is 5.97 Å². The van der Waals surface area contributed by atoms with Crippen LogP contribution in [-0.2, 0) is 20.7 Å². The van der Waals surface area contributed by atoms with E-state index in [0.29, 0.717) is 19.4 Å². The van der Waals surface area contributed by atoms with Crippen molar-refractivity contribution in [1.82, 2.24) is 5.32 Å². The quantitative estimate of drug-likeness (QED) is 0.834. The summed E-state index contributed by atoms with van der Waals surface area (Å²) in [5, 5.41) is 11.7. The van der Waals surface area contributed by atoms with Gasteiger partial charge in [0, 0.05) is 13.0 Å². The van der Waals surface area contributed by atoms with Crippen LogP contribution in [0.1, 0.15) is 24.8 Å². The molecule has 0 aliphatic carbocycles. The summed E-state index contributed by atoms with van der Waals surface area (Å²) in [5.41, 5.74) is 0.0626. The summed E-state index contributed by atoms with van der Waals surface area (Å²) in [6.45, 7) is 0.674. The molecule has 0 saturated carbocycles. The lowest BCUT2D eigenvalue weighted by Crippen LogP contribution is -2.50. The van der Waals surface area contributed by atoms with Gasteiger partial charge in [-0.1, -0.05) is 12.1 Å². The maximum Gasteiger partial charge on any atom is 0.305 e. The lowest BCUT2D eigenvalue weighted by atomic mass is 9.94. The molecule has 1 heterocycles. The molecule has 1 amide bonds. The Labute approximate surface area is 122 Å². The summed E-state index contributed by atoms with van der Waals surface area (Å²) in [4.78, 5) is 22.9. The second-order valence-corrected chi connectivity index (χ2v) is 5.33. The lowest BCUT2D eigenvalue weighted by Gasteiger charge is -2.27. The van der Waals surface area contributed by atoms with E-state index in [1.54, 1.807) is 12.1 Å². The van der Waals surface area contributed by atoms with E-state index < -0.39 is 11.5 Å². The van der Waals surface area contributed by atoms with Crippen LogP contribution < -0.4 is 5.32 Å². The van der Waals surface area contributed by atoms with Crippen LogP contribution in [0.5, 0.6) is 0 Å². The fourth-order valence-electron chi connectivity index (χ4n) is 2.45. The SMILES string of the molecule is O=C(O)CC1(NC(=O)CCc2ccc(F)cc2)CCOC1. The number of nitrogens with one attached hydrogen (secondary N) is 1. The van der Waals surface area contributed by atoms with E-state index >= 15 is 0 Å². The number of ether oxygens (including phenoxy) is 1. The Morgan fingerprint density at radius 3 is 2.62 bits per heavy atom. The summed E-state index contributed by atoms with van der Waals surface area (Å²) < 4.78 is 18.0. The molecule has 0 aromatic heterocycles. The van der Waals surface area contributed by atoms with Gasteiger partial charge in [-0.3, -0.25) is 9.59 Å². The fourth-order valence-corrected chi connectivity index (χ4v) is 2.45. The Morgan fingerprint density at radius 2 is 2.05 bits per heavy atom. The molecule has 1 aliphatic rings. The molecule has 5 nitrogen and oxygen atoms in total. The minimum Gasteiger partial charge on any atom is -0.481 e. The molecule has 1 fully saturated rings. The van der Waals surface area contributed by atoms with Crippen molar-refractivity contribution in [1.29, 1.82) is 0 Å². The number of carbonyl (C=O) groups excluding carboxylic acids is 1. The van der Waals surface area contributed by atoms with E-state index in [9.17, 15) is 14.0 Å². The normalized spacial score (nSPS) is 21.2. The molecule has 0 spiro atoms. The first kappa shape index (κ1) is 15.4. The number of carboxylic acids is 1. The summed E-state index contributed by atoms with van der Waals surface area (Å²) in [6, 6.07) is 5.97. The lowest BCUT2D eigenvalue weighted by molar-refractivity contribution is -0.139. The van der Waals surface area contributed by atoms with E-state index in [1.807, 2.05) is 0 Å². The average molecular weight is 295 g/mol. The number of aryl methyl sites for hydroxylation is 1. The minimum atomic E-state index is -0.959. The summed E-state index contributed by atoms with van der Waals surface area (Å²) >= 11 is 0. The number of halogens is 1. The summed E-state index contributed by atoms with van der Waals surface area (Å²) in [5.74, 6) is -1.49. The van der Waals surface area contributed by atoms with Gasteiger partial charge in [-0.25, -0.2) is 4.39 Å². The van der Waals surface area contributed by atoms with E-state index in [0.717, 1.165) is 5.56 Å². The predicted molar refractivity (Wildman–Crippen MR) is 73.3 cm³/mol. The summed E-state index contributed by atoms with van der Waals surface area (Å²) in [7, 11) is 0. The van der Waals surface area contributed by atoms with Gasteiger partial charge in [-0.05, 0) is 30.5 Å². The van der Waals surface area contributed by atoms with Gasteiger partial charge in [-0.2, -0.15) is 0 Å². The van der Waals surface area contributed by atoms with Crippen molar-refractivity contribution >= 4 is 11.9 Å². The van der Waals surface area contributed by atoms with Crippen LogP contribution >= 0.6 is 0 Å². The van der Waals surface area contributed by atoms with Gasteiger partial charge in [0.1, 0.15) is 5.82 Å². The molecular formula is C15H18FNO4. The third-order valence-electron chi connectivity index (χ3n) is 3.55. The molecule has 0 bridgehead atoms. The van der Waals surface area contributed by atoms with Gasteiger partial charge in [0.15, 0.2) is 0 Å². The minimum absolute atomic E-state index is 0.144. The first-order valence-electron chi connectivity index (χ1n) is 6.84. The third kappa shape index (κ3) is 4.53. The smallest absolute Gasteiger partial charge is 0.305 e. The zero-order valence-electron chi connectivity index (χ0n) is 11.6. The molecule has 1 saturated heterocycles. The van der Waals surface area contributed by atoms with Crippen LogP contribution in [0.25, 0.3) is 0 Å². The number of rotatable bonds is 6. The highest BCUT2D eigenvalue weighted by Gasteiger charge is 2.38. The molecule has 114 valence electrons. The second-order valence-electron chi connectivity index (χ2n) is 5.33. The molecule has 21 heavy (non-hydrogen) atoms. The standard InChI is InChI=1S/C15H18FNO4/c16-12-4-1-11(2-5-12)3-6-13(18)17-15(9-14(19)20)7-8-21-10-15/h1-2,4-5H,3,6-10H2,(H,17,18)(H,19,20). The zero-order valence-corrected chi connectivity index (χ0v) is 11.6. The molecule has 1 atom stereocenters. The largest absolute Gasteiger partial charge is 0.481 e. The molecule has 1 unspecified atom stereocenters. The van der Waals surface area contributed by atoms with Gasteiger partial charge in [0.2, 0.25) is 5.91 Å². The van der Waals surface area contributed by atoms with Crippen molar-refractivity contribution in [3.63, 3.8) is 0 Å². The van der Waals surface area contributed by atoms with E-state index in [4.69, 9.17) is 9.84 Å². The van der Waals surface area contributed by atoms with E-state index in [-0.39, 0.29) is 31.2 Å². The van der Waals surface area contributed by atoms with E-state index in [1.165, 1.54) is 12.1 Å². The molecule has 2 rings (SSSR count). The van der Waals surface area contributed by atoms with Gasteiger partial charge in [-0.15, -0.1) is 0 Å². The van der Waals surface area contributed by atoms with Crippen molar-refractivity contribution in [2.24, 2.45) is 0 Å². The molecular weight excluding hydrogens is 277 g/mol. The van der Waals surface area contributed by atoms with Crippen LogP contribution in [0.4, 0.5) is 4.39 Å². The third-order valence-corrected chi connectivity index (χ3v) is 3.55. The van der Waals surface area contributed by atoms with Gasteiger partial charge in [0.25, 0.3) is 0 Å². The number of carbonyl (C=O) groups is 2. The van der Waals surface area contributed by atoms with Crippen molar-refractivity contribution < 1.29 is 23.8 Å². The second kappa shape index (κ2) is 6.67. The molecule has 2 N–H and O–H groups in total. The Bertz CT molecular complexity index is 509. The van der Waals surface area contributed by atoms with Crippen LogP contribution in [0.3, 0.4) is 0 Å². The molecule has 1 aromatic carbocycles. The fraction of sp³-hybridized carbons (Fsp3) is 0.467. The molecule has 0 radical (unpaired) electrons. The number of amides is 1. The first-order chi connectivity index (χ1) is 9.99. The monoisotopic (exact) mass is 295 g/mol. The number of benzene rings is 1. The zero-order chi connectivity index (χ0) is 15.3. The Hall–Kier alpha value is -1.95. The first-order valence-corrected chi connectivity index (χ1v) is 6.84. The van der Waals surface area contributed by atoms with Crippen molar-refractivity contribution in [2.45, 2.75) is 31.2 Å². The molecule has 6 heteroatoms. The Kier molecular flexibility index (Phi) is 4.90. The predicted octanol–water partition coefficient (Wildman–Crippen LogP) is 1.51.